The summed E-state index contributed by atoms with van der Waals surface area (Å²) in [4.78, 5) is 12.0. The van der Waals surface area contributed by atoms with Gasteiger partial charge in [-0.15, -0.1) is 0 Å². The normalized spacial score (nSPS) is 22.6. The number of carbonyl (C=O) groups is 1. The van der Waals surface area contributed by atoms with Crippen LogP contribution in [0.1, 0.15) is 37.8 Å². The fraction of sp³-hybridized carbons (Fsp3) is 0.533. The summed E-state index contributed by atoms with van der Waals surface area (Å²) in [6.45, 7) is 2.61. The summed E-state index contributed by atoms with van der Waals surface area (Å²) in [5, 5.41) is 6.46. The second-order valence-electron chi connectivity index (χ2n) is 5.54. The molecule has 1 aliphatic heterocycles. The van der Waals surface area contributed by atoms with E-state index in [4.69, 9.17) is 4.74 Å². The fourth-order valence-electron chi connectivity index (χ4n) is 2.47. The molecule has 2 atom stereocenters. The molecule has 2 aliphatic rings. The molecule has 5 heteroatoms. The highest BCUT2D eigenvalue weighted by Crippen LogP contribution is 2.34. The molecular weight excluding hydrogens is 320 g/mol. The SMILES string of the molecule is CC(NC1CCOc2ccc(Br)cc21)C(=O)NC1CC1. The number of nitrogens with one attached hydrogen (secondary N) is 2. The Morgan fingerprint density at radius 1 is 1.40 bits per heavy atom. The van der Waals surface area contributed by atoms with Crippen LogP contribution in [0.2, 0.25) is 0 Å². The van der Waals surface area contributed by atoms with Crippen molar-refractivity contribution in [2.45, 2.75) is 44.3 Å². The monoisotopic (exact) mass is 338 g/mol. The van der Waals surface area contributed by atoms with Crippen LogP contribution >= 0.6 is 15.9 Å². The second-order valence-corrected chi connectivity index (χ2v) is 6.46. The molecule has 2 unspecified atom stereocenters. The number of amides is 1. The lowest BCUT2D eigenvalue weighted by atomic mass is 9.99. The highest BCUT2D eigenvalue weighted by atomic mass is 79.9. The smallest absolute Gasteiger partial charge is 0.237 e. The first-order valence-electron chi connectivity index (χ1n) is 7.12. The fourth-order valence-corrected chi connectivity index (χ4v) is 2.85. The van der Waals surface area contributed by atoms with Crippen molar-refractivity contribution in [3.63, 3.8) is 0 Å². The zero-order valence-corrected chi connectivity index (χ0v) is 13.1. The molecule has 20 heavy (non-hydrogen) atoms. The Labute approximate surface area is 127 Å². The van der Waals surface area contributed by atoms with Crippen molar-refractivity contribution in [3.05, 3.63) is 28.2 Å². The van der Waals surface area contributed by atoms with Crippen molar-refractivity contribution >= 4 is 21.8 Å². The predicted molar refractivity (Wildman–Crippen MR) is 80.8 cm³/mol. The Kier molecular flexibility index (Phi) is 3.98. The van der Waals surface area contributed by atoms with Crippen LogP contribution in [0.25, 0.3) is 0 Å². The summed E-state index contributed by atoms with van der Waals surface area (Å²) in [5.74, 6) is 1.00. The molecule has 1 amide bonds. The number of hydrogen-bond acceptors (Lipinski definition) is 3. The van der Waals surface area contributed by atoms with Gasteiger partial charge < -0.3 is 10.1 Å². The number of hydrogen-bond donors (Lipinski definition) is 2. The highest BCUT2D eigenvalue weighted by Gasteiger charge is 2.28. The van der Waals surface area contributed by atoms with Crippen LogP contribution in [0.15, 0.2) is 22.7 Å². The minimum Gasteiger partial charge on any atom is -0.493 e. The number of rotatable bonds is 4. The summed E-state index contributed by atoms with van der Waals surface area (Å²) < 4.78 is 6.70. The van der Waals surface area contributed by atoms with E-state index < -0.39 is 0 Å². The molecule has 1 aromatic rings. The molecular formula is C15H19BrN2O2. The van der Waals surface area contributed by atoms with Crippen LogP contribution < -0.4 is 15.4 Å². The lowest BCUT2D eigenvalue weighted by molar-refractivity contribution is -0.123. The zero-order valence-electron chi connectivity index (χ0n) is 11.5. The van der Waals surface area contributed by atoms with Gasteiger partial charge in [-0.25, -0.2) is 0 Å². The Morgan fingerprint density at radius 2 is 2.20 bits per heavy atom. The Morgan fingerprint density at radius 3 is 2.95 bits per heavy atom. The van der Waals surface area contributed by atoms with Gasteiger partial charge in [0.1, 0.15) is 5.75 Å². The van der Waals surface area contributed by atoms with Gasteiger partial charge in [-0.05, 0) is 38.0 Å². The van der Waals surface area contributed by atoms with Crippen LogP contribution in [0.3, 0.4) is 0 Å². The Hall–Kier alpha value is -1.07. The second kappa shape index (κ2) is 5.74. The van der Waals surface area contributed by atoms with Crippen LogP contribution in [0.5, 0.6) is 5.75 Å². The van der Waals surface area contributed by atoms with E-state index in [2.05, 4.69) is 32.6 Å². The molecule has 0 saturated heterocycles. The molecule has 1 aliphatic carbocycles. The van der Waals surface area contributed by atoms with E-state index in [1.54, 1.807) is 0 Å². The Bertz CT molecular complexity index is 517. The van der Waals surface area contributed by atoms with E-state index >= 15 is 0 Å². The molecule has 0 spiro atoms. The van der Waals surface area contributed by atoms with Gasteiger partial charge in [-0.1, -0.05) is 15.9 Å². The van der Waals surface area contributed by atoms with Gasteiger partial charge in [0.25, 0.3) is 0 Å². The van der Waals surface area contributed by atoms with Crippen molar-refractivity contribution in [1.82, 2.24) is 10.6 Å². The van der Waals surface area contributed by atoms with Gasteiger partial charge in [-0.3, -0.25) is 10.1 Å². The lowest BCUT2D eigenvalue weighted by Gasteiger charge is -2.29. The third-order valence-corrected chi connectivity index (χ3v) is 4.27. The predicted octanol–water partition coefficient (Wildman–Crippen LogP) is 2.53. The molecule has 0 aromatic heterocycles. The van der Waals surface area contributed by atoms with Crippen LogP contribution in [0.4, 0.5) is 0 Å². The first-order valence-corrected chi connectivity index (χ1v) is 7.91. The maximum absolute atomic E-state index is 12.0. The summed E-state index contributed by atoms with van der Waals surface area (Å²) in [6, 6.07) is 6.40. The molecule has 3 rings (SSSR count). The van der Waals surface area contributed by atoms with Gasteiger partial charge in [0.2, 0.25) is 5.91 Å². The first-order chi connectivity index (χ1) is 9.63. The number of benzene rings is 1. The van der Waals surface area contributed by atoms with Crippen LogP contribution in [-0.4, -0.2) is 24.6 Å². The minimum absolute atomic E-state index is 0.0931. The van der Waals surface area contributed by atoms with Gasteiger partial charge in [0, 0.05) is 28.5 Å². The average molecular weight is 339 g/mol. The molecule has 2 N–H and O–H groups in total. The van der Waals surface area contributed by atoms with Gasteiger partial charge in [0.15, 0.2) is 0 Å². The number of carbonyl (C=O) groups excluding carboxylic acids is 1. The molecule has 108 valence electrons. The average Bonchev–Trinajstić information content (AvgIpc) is 3.23. The summed E-state index contributed by atoms with van der Waals surface area (Å²) in [7, 11) is 0. The van der Waals surface area contributed by atoms with E-state index in [1.807, 2.05) is 19.1 Å². The molecule has 1 fully saturated rings. The van der Waals surface area contributed by atoms with Gasteiger partial charge in [0.05, 0.1) is 12.6 Å². The molecule has 1 saturated carbocycles. The minimum atomic E-state index is -0.189. The van der Waals surface area contributed by atoms with Gasteiger partial charge in [-0.2, -0.15) is 0 Å². The summed E-state index contributed by atoms with van der Waals surface area (Å²) >= 11 is 3.49. The standard InChI is InChI=1S/C15H19BrN2O2/c1-9(15(19)18-11-3-4-11)17-13-6-7-20-14-5-2-10(16)8-12(13)14/h2,5,8-9,11,13,17H,3-4,6-7H2,1H3,(H,18,19). The number of ether oxygens (including phenoxy) is 1. The quantitative estimate of drug-likeness (QED) is 0.886. The van der Waals surface area contributed by atoms with E-state index in [0.29, 0.717) is 12.6 Å². The van der Waals surface area contributed by atoms with Crippen LogP contribution in [-0.2, 0) is 4.79 Å². The third-order valence-electron chi connectivity index (χ3n) is 3.78. The van der Waals surface area contributed by atoms with E-state index in [-0.39, 0.29) is 18.0 Å². The molecule has 1 aromatic carbocycles. The van der Waals surface area contributed by atoms with Crippen molar-refractivity contribution in [2.75, 3.05) is 6.61 Å². The first kappa shape index (κ1) is 13.9. The molecule has 1 heterocycles. The van der Waals surface area contributed by atoms with Crippen molar-refractivity contribution in [2.24, 2.45) is 0 Å². The van der Waals surface area contributed by atoms with Crippen molar-refractivity contribution in [3.8, 4) is 5.75 Å². The maximum Gasteiger partial charge on any atom is 0.237 e. The number of fused-ring (bicyclic) bond motifs is 1. The van der Waals surface area contributed by atoms with Crippen LogP contribution in [0, 0.1) is 0 Å². The maximum atomic E-state index is 12.0. The molecule has 4 nitrogen and oxygen atoms in total. The highest BCUT2D eigenvalue weighted by molar-refractivity contribution is 9.10. The van der Waals surface area contributed by atoms with E-state index in [1.165, 1.54) is 0 Å². The van der Waals surface area contributed by atoms with Gasteiger partial charge >= 0.3 is 0 Å². The lowest BCUT2D eigenvalue weighted by Crippen LogP contribution is -2.45. The van der Waals surface area contributed by atoms with Crippen molar-refractivity contribution in [1.29, 1.82) is 0 Å². The molecule has 0 radical (unpaired) electrons. The number of halogens is 1. The van der Waals surface area contributed by atoms with E-state index in [9.17, 15) is 4.79 Å². The summed E-state index contributed by atoms with van der Waals surface area (Å²) in [6.07, 6.45) is 3.11. The van der Waals surface area contributed by atoms with Crippen molar-refractivity contribution < 1.29 is 9.53 Å². The largest absolute Gasteiger partial charge is 0.493 e. The summed E-state index contributed by atoms with van der Waals surface area (Å²) in [5.41, 5.74) is 1.12. The van der Waals surface area contributed by atoms with E-state index in [0.717, 1.165) is 35.0 Å². The Balaban J connectivity index is 1.68. The topological polar surface area (TPSA) is 50.4 Å². The third kappa shape index (κ3) is 3.15. The zero-order chi connectivity index (χ0) is 14.1. The molecule has 0 bridgehead atoms.